The lowest BCUT2D eigenvalue weighted by atomic mass is 10.0. The molecule has 1 aromatic carbocycles. The lowest BCUT2D eigenvalue weighted by Crippen LogP contribution is -2.42. The van der Waals surface area contributed by atoms with E-state index in [9.17, 15) is 0 Å². The van der Waals surface area contributed by atoms with Crippen molar-refractivity contribution in [3.63, 3.8) is 0 Å². The van der Waals surface area contributed by atoms with Crippen LogP contribution < -0.4 is 15.4 Å². The third kappa shape index (κ3) is 2.12. The summed E-state index contributed by atoms with van der Waals surface area (Å²) in [4.78, 5) is 0. The predicted octanol–water partition coefficient (Wildman–Crippen LogP) is 2.18. The molecule has 1 atom stereocenters. The van der Waals surface area contributed by atoms with Gasteiger partial charge in [-0.2, -0.15) is 0 Å². The number of hydrogen-bond acceptors (Lipinski definition) is 3. The molecular weight excluding hydrogens is 212 g/mol. The van der Waals surface area contributed by atoms with Gasteiger partial charge in [0.15, 0.2) is 0 Å². The second-order valence-corrected chi connectivity index (χ2v) is 5.35. The van der Waals surface area contributed by atoms with Crippen LogP contribution in [0.5, 0.6) is 5.75 Å². The van der Waals surface area contributed by atoms with Crippen LogP contribution in [0.15, 0.2) is 18.2 Å². The smallest absolute Gasteiger partial charge is 0.142 e. The fraction of sp³-hybridized carbons (Fsp3) is 0.571. The van der Waals surface area contributed by atoms with Crippen molar-refractivity contribution in [3.05, 3.63) is 23.8 Å². The second kappa shape index (κ2) is 4.22. The number of rotatable bonds is 3. The summed E-state index contributed by atoms with van der Waals surface area (Å²) < 4.78 is 6.01. The van der Waals surface area contributed by atoms with Crippen LogP contribution in [-0.2, 0) is 6.42 Å². The number of para-hydroxylation sites is 1. The Labute approximate surface area is 103 Å². The molecule has 1 saturated heterocycles. The number of nitrogens with one attached hydrogen (secondary N) is 2. The Kier molecular flexibility index (Phi) is 2.71. The van der Waals surface area contributed by atoms with Gasteiger partial charge in [0.25, 0.3) is 0 Å². The Balaban J connectivity index is 1.71. The molecule has 3 heteroatoms. The summed E-state index contributed by atoms with van der Waals surface area (Å²) in [7, 11) is 0. The molecule has 2 aliphatic rings. The van der Waals surface area contributed by atoms with Crippen LogP contribution >= 0.6 is 0 Å². The maximum atomic E-state index is 6.01. The Hall–Kier alpha value is -1.22. The molecule has 0 spiro atoms. The van der Waals surface area contributed by atoms with Crippen molar-refractivity contribution in [2.45, 2.75) is 31.7 Å². The van der Waals surface area contributed by atoms with Crippen LogP contribution in [0.2, 0.25) is 0 Å². The highest BCUT2D eigenvalue weighted by atomic mass is 16.5. The van der Waals surface area contributed by atoms with Gasteiger partial charge < -0.3 is 15.4 Å². The first-order valence-corrected chi connectivity index (χ1v) is 6.50. The van der Waals surface area contributed by atoms with E-state index < -0.39 is 0 Å². The lowest BCUT2D eigenvalue weighted by molar-refractivity contribution is 0.213. The van der Waals surface area contributed by atoms with Crippen LogP contribution in [0, 0.1) is 0 Å². The molecule has 1 aromatic rings. The second-order valence-electron chi connectivity index (χ2n) is 5.35. The molecule has 1 unspecified atom stereocenters. The van der Waals surface area contributed by atoms with Gasteiger partial charge in [-0.1, -0.05) is 12.1 Å². The number of anilines is 1. The minimum atomic E-state index is 0.154. The van der Waals surface area contributed by atoms with E-state index in [1.54, 1.807) is 0 Å². The molecule has 3 rings (SSSR count). The Morgan fingerprint density at radius 2 is 2.29 bits per heavy atom. The summed E-state index contributed by atoms with van der Waals surface area (Å²) in [5.74, 6) is 1.01. The quantitative estimate of drug-likeness (QED) is 0.838. The third-order valence-corrected chi connectivity index (χ3v) is 3.81. The zero-order valence-electron chi connectivity index (χ0n) is 10.4. The Morgan fingerprint density at radius 1 is 1.35 bits per heavy atom. The summed E-state index contributed by atoms with van der Waals surface area (Å²) in [6.45, 7) is 5.15. The number of hydrogen-bond donors (Lipinski definition) is 2. The SMILES string of the molecule is CC1(COc2cccc3c2NCC3)CCCN1. The van der Waals surface area contributed by atoms with Gasteiger partial charge in [-0.25, -0.2) is 0 Å². The molecule has 2 heterocycles. The lowest BCUT2D eigenvalue weighted by Gasteiger charge is -2.25. The molecule has 0 bridgehead atoms. The zero-order valence-corrected chi connectivity index (χ0v) is 10.4. The molecule has 0 aliphatic carbocycles. The molecule has 0 amide bonds. The van der Waals surface area contributed by atoms with Crippen molar-refractivity contribution in [2.75, 3.05) is 25.0 Å². The van der Waals surface area contributed by atoms with E-state index in [0.29, 0.717) is 0 Å². The fourth-order valence-corrected chi connectivity index (χ4v) is 2.75. The molecule has 2 aliphatic heterocycles. The van der Waals surface area contributed by atoms with Crippen LogP contribution in [-0.4, -0.2) is 25.2 Å². The molecular formula is C14H20N2O. The predicted molar refractivity (Wildman–Crippen MR) is 69.8 cm³/mol. The molecule has 92 valence electrons. The van der Waals surface area contributed by atoms with Gasteiger partial charge in [-0.3, -0.25) is 0 Å². The van der Waals surface area contributed by atoms with E-state index in [2.05, 4.69) is 35.8 Å². The first-order chi connectivity index (χ1) is 8.27. The fourth-order valence-electron chi connectivity index (χ4n) is 2.75. The summed E-state index contributed by atoms with van der Waals surface area (Å²) in [5, 5.41) is 6.94. The molecule has 0 radical (unpaired) electrons. The molecule has 17 heavy (non-hydrogen) atoms. The van der Waals surface area contributed by atoms with Crippen LogP contribution in [0.25, 0.3) is 0 Å². The first-order valence-electron chi connectivity index (χ1n) is 6.50. The molecule has 0 aromatic heterocycles. The van der Waals surface area contributed by atoms with Gasteiger partial charge in [-0.15, -0.1) is 0 Å². The molecule has 1 fully saturated rings. The van der Waals surface area contributed by atoms with Gasteiger partial charge in [0.05, 0.1) is 5.69 Å². The highest BCUT2D eigenvalue weighted by Crippen LogP contribution is 2.33. The monoisotopic (exact) mass is 232 g/mol. The van der Waals surface area contributed by atoms with Gasteiger partial charge in [0.2, 0.25) is 0 Å². The van der Waals surface area contributed by atoms with E-state index >= 15 is 0 Å². The normalized spacial score (nSPS) is 26.6. The van der Waals surface area contributed by atoms with Crippen LogP contribution in [0.1, 0.15) is 25.3 Å². The van der Waals surface area contributed by atoms with Gasteiger partial charge in [-0.05, 0) is 44.4 Å². The maximum absolute atomic E-state index is 6.01. The molecule has 2 N–H and O–H groups in total. The largest absolute Gasteiger partial charge is 0.490 e. The Bertz CT molecular complexity index is 411. The van der Waals surface area contributed by atoms with Crippen molar-refractivity contribution in [3.8, 4) is 5.75 Å². The van der Waals surface area contributed by atoms with E-state index in [-0.39, 0.29) is 5.54 Å². The van der Waals surface area contributed by atoms with Gasteiger partial charge in [0.1, 0.15) is 12.4 Å². The van der Waals surface area contributed by atoms with E-state index in [1.807, 2.05) is 0 Å². The number of benzene rings is 1. The van der Waals surface area contributed by atoms with Crippen molar-refractivity contribution in [1.82, 2.24) is 5.32 Å². The summed E-state index contributed by atoms with van der Waals surface area (Å²) in [6, 6.07) is 6.33. The first kappa shape index (κ1) is 10.9. The topological polar surface area (TPSA) is 33.3 Å². The highest BCUT2D eigenvalue weighted by Gasteiger charge is 2.29. The zero-order chi connectivity index (χ0) is 11.7. The molecule has 3 nitrogen and oxygen atoms in total. The van der Waals surface area contributed by atoms with Crippen molar-refractivity contribution >= 4 is 5.69 Å². The van der Waals surface area contributed by atoms with E-state index in [4.69, 9.17) is 4.74 Å². The Morgan fingerprint density at radius 3 is 3.12 bits per heavy atom. The maximum Gasteiger partial charge on any atom is 0.142 e. The summed E-state index contributed by atoms with van der Waals surface area (Å²) in [5.41, 5.74) is 2.74. The van der Waals surface area contributed by atoms with Gasteiger partial charge >= 0.3 is 0 Å². The molecule has 0 saturated carbocycles. The van der Waals surface area contributed by atoms with Crippen LogP contribution in [0.4, 0.5) is 5.69 Å². The highest BCUT2D eigenvalue weighted by molar-refractivity contribution is 5.65. The van der Waals surface area contributed by atoms with Crippen LogP contribution in [0.3, 0.4) is 0 Å². The number of fused-ring (bicyclic) bond motifs is 1. The number of ether oxygens (including phenoxy) is 1. The van der Waals surface area contributed by atoms with Crippen molar-refractivity contribution in [1.29, 1.82) is 0 Å². The minimum Gasteiger partial charge on any atom is -0.490 e. The van der Waals surface area contributed by atoms with Gasteiger partial charge in [0, 0.05) is 12.1 Å². The van der Waals surface area contributed by atoms with Crippen molar-refractivity contribution in [2.24, 2.45) is 0 Å². The average Bonchev–Trinajstić information content (AvgIpc) is 2.95. The minimum absolute atomic E-state index is 0.154. The summed E-state index contributed by atoms with van der Waals surface area (Å²) >= 11 is 0. The standard InChI is InChI=1S/C14H20N2O/c1-14(7-3-8-16-14)10-17-12-5-2-4-11-6-9-15-13(11)12/h2,4-5,15-16H,3,6-10H2,1H3. The van der Waals surface area contributed by atoms with Crippen molar-refractivity contribution < 1.29 is 4.74 Å². The average molecular weight is 232 g/mol. The third-order valence-electron chi connectivity index (χ3n) is 3.81. The van der Waals surface area contributed by atoms with E-state index in [0.717, 1.165) is 31.9 Å². The van der Waals surface area contributed by atoms with E-state index in [1.165, 1.54) is 24.1 Å². The summed E-state index contributed by atoms with van der Waals surface area (Å²) in [6.07, 6.45) is 3.57.